The van der Waals surface area contributed by atoms with Gasteiger partial charge < -0.3 is 10.6 Å². The van der Waals surface area contributed by atoms with E-state index in [0.29, 0.717) is 30.4 Å². The first-order valence-electron chi connectivity index (χ1n) is 8.23. The first-order chi connectivity index (χ1) is 11.6. The fraction of sp³-hybridized carbons (Fsp3) is 0.667. The van der Waals surface area contributed by atoms with Gasteiger partial charge in [0.05, 0.1) is 0 Å². The number of sulfonamides is 1. The van der Waals surface area contributed by atoms with Gasteiger partial charge in [-0.15, -0.1) is 23.7 Å². The van der Waals surface area contributed by atoms with Crippen molar-refractivity contribution in [2.75, 3.05) is 44.2 Å². The van der Waals surface area contributed by atoms with Gasteiger partial charge in [-0.05, 0) is 43.3 Å². The Morgan fingerprint density at radius 1 is 1.36 bits per heavy atom. The molecular formula is C15H24ClN3O3S3. The molecule has 2 aliphatic rings. The molecule has 0 aromatic carbocycles. The first kappa shape index (κ1) is 21.0. The largest absolute Gasteiger partial charge is 0.351 e. The molecule has 1 amide bonds. The molecule has 1 aromatic rings. The molecule has 2 fully saturated rings. The monoisotopic (exact) mass is 425 g/mol. The average Bonchev–Trinajstić information content (AvgIpc) is 3.12. The van der Waals surface area contributed by atoms with Crippen molar-refractivity contribution in [3.63, 3.8) is 0 Å². The fourth-order valence-corrected chi connectivity index (χ4v) is 6.90. The molecule has 0 bridgehead atoms. The lowest BCUT2D eigenvalue weighted by Crippen LogP contribution is -2.40. The predicted molar refractivity (Wildman–Crippen MR) is 106 cm³/mol. The number of piperidine rings is 1. The summed E-state index contributed by atoms with van der Waals surface area (Å²) in [7, 11) is -3.58. The Hall–Kier alpha value is -0.320. The zero-order chi connectivity index (χ0) is 17.0. The van der Waals surface area contributed by atoms with Gasteiger partial charge in [0, 0.05) is 31.1 Å². The number of thioether (sulfide) groups is 1. The van der Waals surface area contributed by atoms with Gasteiger partial charge in [0.15, 0.2) is 0 Å². The molecule has 0 spiro atoms. The minimum Gasteiger partial charge on any atom is -0.351 e. The van der Waals surface area contributed by atoms with Crippen LogP contribution in [0.3, 0.4) is 0 Å². The van der Waals surface area contributed by atoms with Crippen molar-refractivity contribution in [3.8, 4) is 0 Å². The first-order valence-corrected chi connectivity index (χ1v) is 11.7. The van der Waals surface area contributed by atoms with E-state index in [1.54, 1.807) is 23.2 Å². The van der Waals surface area contributed by atoms with Crippen LogP contribution in [0.4, 0.5) is 0 Å². The van der Waals surface area contributed by atoms with Gasteiger partial charge in [-0.3, -0.25) is 4.79 Å². The zero-order valence-electron chi connectivity index (χ0n) is 13.9. The molecule has 1 aromatic heterocycles. The maximum absolute atomic E-state index is 12.8. The number of hydrogen-bond donors (Lipinski definition) is 2. The Labute approximate surface area is 163 Å². The summed E-state index contributed by atoms with van der Waals surface area (Å²) >= 11 is 2.95. The van der Waals surface area contributed by atoms with Gasteiger partial charge >= 0.3 is 0 Å². The Bertz CT molecular complexity index is 669. The van der Waals surface area contributed by atoms with Gasteiger partial charge in [0.1, 0.15) is 9.77 Å². The number of halogens is 1. The summed E-state index contributed by atoms with van der Waals surface area (Å²) in [5, 5.41) is 7.92. The second-order valence-corrected chi connectivity index (χ2v) is 10.1. The second kappa shape index (κ2) is 9.57. The van der Waals surface area contributed by atoms with Gasteiger partial charge in [0.2, 0.25) is 10.0 Å². The fourth-order valence-electron chi connectivity index (χ4n) is 3.01. The van der Waals surface area contributed by atoms with Crippen molar-refractivity contribution >= 4 is 51.4 Å². The van der Waals surface area contributed by atoms with E-state index < -0.39 is 10.0 Å². The smallest absolute Gasteiger partial charge is 0.262 e. The average molecular weight is 426 g/mol. The van der Waals surface area contributed by atoms with E-state index in [9.17, 15) is 13.2 Å². The summed E-state index contributed by atoms with van der Waals surface area (Å²) in [4.78, 5) is 12.9. The molecule has 0 radical (unpaired) electrons. The van der Waals surface area contributed by atoms with Crippen molar-refractivity contribution < 1.29 is 13.2 Å². The molecule has 10 heteroatoms. The lowest BCUT2D eigenvalue weighted by molar-refractivity contribution is 0.0945. The third kappa shape index (κ3) is 5.11. The lowest BCUT2D eigenvalue weighted by atomic mass is 10.00. The minimum atomic E-state index is -3.58. The van der Waals surface area contributed by atoms with E-state index in [2.05, 4.69) is 10.6 Å². The number of nitrogens with zero attached hydrogens (tertiary/aromatic N) is 1. The summed E-state index contributed by atoms with van der Waals surface area (Å²) in [6.07, 6.45) is 2.21. The van der Waals surface area contributed by atoms with Gasteiger partial charge in [-0.2, -0.15) is 16.1 Å². The van der Waals surface area contributed by atoms with Gasteiger partial charge in [-0.1, -0.05) is 0 Å². The summed E-state index contributed by atoms with van der Waals surface area (Å²) in [6.45, 7) is 3.55. The highest BCUT2D eigenvalue weighted by Gasteiger charge is 2.31. The van der Waals surface area contributed by atoms with E-state index in [-0.39, 0.29) is 23.2 Å². The highest BCUT2D eigenvalue weighted by Crippen LogP contribution is 2.27. The molecule has 1 unspecified atom stereocenters. The Morgan fingerprint density at radius 2 is 2.12 bits per heavy atom. The summed E-state index contributed by atoms with van der Waals surface area (Å²) in [6, 6.07) is 1.55. The Kier molecular flexibility index (Phi) is 8.03. The van der Waals surface area contributed by atoms with Crippen LogP contribution in [0.25, 0.3) is 0 Å². The molecule has 3 rings (SSSR count). The van der Waals surface area contributed by atoms with Crippen LogP contribution in [0.15, 0.2) is 16.3 Å². The number of hydrogen-bond acceptors (Lipinski definition) is 6. The van der Waals surface area contributed by atoms with Gasteiger partial charge in [0.25, 0.3) is 5.91 Å². The number of nitrogens with one attached hydrogen (secondary N) is 2. The van der Waals surface area contributed by atoms with Crippen molar-refractivity contribution in [2.24, 2.45) is 5.92 Å². The summed E-state index contributed by atoms with van der Waals surface area (Å²) in [5.41, 5.74) is 0. The molecule has 6 nitrogen and oxygen atoms in total. The molecular weight excluding hydrogens is 402 g/mol. The molecule has 0 aliphatic carbocycles. The van der Waals surface area contributed by atoms with Crippen molar-refractivity contribution in [2.45, 2.75) is 17.7 Å². The molecule has 2 aliphatic heterocycles. The molecule has 25 heavy (non-hydrogen) atoms. The van der Waals surface area contributed by atoms with E-state index >= 15 is 0 Å². The van der Waals surface area contributed by atoms with Crippen LogP contribution in [-0.2, 0) is 10.0 Å². The maximum Gasteiger partial charge on any atom is 0.262 e. The Balaban J connectivity index is 0.00000225. The normalized spacial score (nSPS) is 22.2. The van der Waals surface area contributed by atoms with Crippen LogP contribution in [0, 0.1) is 5.92 Å². The molecule has 2 saturated heterocycles. The predicted octanol–water partition coefficient (Wildman–Crippen LogP) is 1.64. The van der Waals surface area contributed by atoms with Crippen LogP contribution in [0.1, 0.15) is 22.5 Å². The van der Waals surface area contributed by atoms with Crippen molar-refractivity contribution in [1.29, 1.82) is 0 Å². The molecule has 3 heterocycles. The highest BCUT2D eigenvalue weighted by atomic mass is 35.5. The van der Waals surface area contributed by atoms with Crippen LogP contribution < -0.4 is 10.6 Å². The standard InChI is InChI=1S/C15H23N3O3S3.ClH/c19-15(17-11-12-2-1-4-16-10-12)14-13(3-7-23-14)24(20,21)18-5-8-22-9-6-18;/h3,7,12,16H,1-2,4-6,8-11H2,(H,17,19);1H. The van der Waals surface area contributed by atoms with E-state index in [1.807, 2.05) is 0 Å². The minimum absolute atomic E-state index is 0. The SMILES string of the molecule is Cl.O=C(NCC1CCCNC1)c1sccc1S(=O)(=O)N1CCSCC1. The lowest BCUT2D eigenvalue weighted by Gasteiger charge is -2.25. The second-order valence-electron chi connectivity index (χ2n) is 6.05. The number of amides is 1. The van der Waals surface area contributed by atoms with Gasteiger partial charge in [-0.25, -0.2) is 8.42 Å². The number of carbonyl (C=O) groups excluding carboxylic acids is 1. The van der Waals surface area contributed by atoms with E-state index in [1.165, 1.54) is 15.6 Å². The van der Waals surface area contributed by atoms with Crippen molar-refractivity contribution in [1.82, 2.24) is 14.9 Å². The molecule has 0 saturated carbocycles. The van der Waals surface area contributed by atoms with Crippen LogP contribution in [0.2, 0.25) is 0 Å². The number of rotatable bonds is 5. The third-order valence-electron chi connectivity index (χ3n) is 4.37. The van der Waals surface area contributed by atoms with Crippen LogP contribution in [0.5, 0.6) is 0 Å². The molecule has 1 atom stereocenters. The maximum atomic E-state index is 12.8. The topological polar surface area (TPSA) is 78.5 Å². The quantitative estimate of drug-likeness (QED) is 0.749. The molecule has 142 valence electrons. The highest BCUT2D eigenvalue weighted by molar-refractivity contribution is 7.99. The van der Waals surface area contributed by atoms with Crippen LogP contribution >= 0.6 is 35.5 Å². The Morgan fingerprint density at radius 3 is 2.80 bits per heavy atom. The number of thiophene rings is 1. The number of carbonyl (C=O) groups is 1. The summed E-state index contributed by atoms with van der Waals surface area (Å²) in [5.74, 6) is 1.75. The zero-order valence-corrected chi connectivity index (χ0v) is 17.2. The molecule has 2 N–H and O–H groups in total. The van der Waals surface area contributed by atoms with E-state index in [0.717, 1.165) is 37.4 Å². The van der Waals surface area contributed by atoms with Crippen LogP contribution in [-0.4, -0.2) is 62.9 Å². The van der Waals surface area contributed by atoms with Crippen molar-refractivity contribution in [3.05, 3.63) is 16.3 Å². The summed E-state index contributed by atoms with van der Waals surface area (Å²) < 4.78 is 27.1. The van der Waals surface area contributed by atoms with E-state index in [4.69, 9.17) is 0 Å². The third-order valence-corrected chi connectivity index (χ3v) is 8.30.